The molecule has 0 radical (unpaired) electrons. The molecule has 4 nitrogen and oxygen atoms in total. The number of aryl methyl sites for hydroxylation is 1. The van der Waals surface area contributed by atoms with E-state index in [2.05, 4.69) is 43.5 Å². The Kier molecular flexibility index (Phi) is 7.90. The van der Waals surface area contributed by atoms with Crippen molar-refractivity contribution in [1.82, 2.24) is 9.97 Å². The van der Waals surface area contributed by atoms with Crippen molar-refractivity contribution in [3.63, 3.8) is 0 Å². The molecule has 0 saturated heterocycles. The van der Waals surface area contributed by atoms with Crippen molar-refractivity contribution in [2.75, 3.05) is 10.6 Å². The second-order valence-electron chi connectivity index (χ2n) is 7.18. The number of alkyl halides is 3. The fourth-order valence-corrected chi connectivity index (χ4v) is 3.40. The number of nitrogens with one attached hydrogen (secondary N) is 2. The van der Waals surface area contributed by atoms with E-state index in [-0.39, 0.29) is 11.8 Å². The summed E-state index contributed by atoms with van der Waals surface area (Å²) in [4.78, 5) is 8.00. The molecule has 0 aliphatic carbocycles. The summed E-state index contributed by atoms with van der Waals surface area (Å²) in [7, 11) is 0. The zero-order chi connectivity index (χ0) is 22.3. The van der Waals surface area contributed by atoms with Crippen molar-refractivity contribution in [2.45, 2.75) is 45.2 Å². The maximum Gasteiger partial charge on any atom is 0.421 e. The van der Waals surface area contributed by atoms with Gasteiger partial charge in [-0.3, -0.25) is 0 Å². The van der Waals surface area contributed by atoms with Crippen LogP contribution in [0.1, 0.15) is 43.7 Å². The van der Waals surface area contributed by atoms with Gasteiger partial charge < -0.3 is 10.6 Å². The Bertz CT molecular complexity index is 991. The lowest BCUT2D eigenvalue weighted by Gasteiger charge is -2.17. The molecule has 0 spiro atoms. The molecule has 8 heteroatoms. The molecule has 0 unspecified atom stereocenters. The molecule has 2 N–H and O–H groups in total. The highest BCUT2D eigenvalue weighted by Crippen LogP contribution is 2.36. The van der Waals surface area contributed by atoms with Crippen LogP contribution in [-0.2, 0) is 12.6 Å². The van der Waals surface area contributed by atoms with E-state index in [1.54, 1.807) is 24.3 Å². The van der Waals surface area contributed by atoms with Crippen LogP contribution in [0.5, 0.6) is 0 Å². The molecule has 3 aromatic rings. The van der Waals surface area contributed by atoms with Gasteiger partial charge in [-0.15, -0.1) is 0 Å². The van der Waals surface area contributed by atoms with E-state index < -0.39 is 11.7 Å². The molecule has 0 atom stereocenters. The lowest BCUT2D eigenvalue weighted by Crippen LogP contribution is -2.13. The minimum Gasteiger partial charge on any atom is -0.339 e. The number of unbranched alkanes of at least 4 members (excludes halogenated alkanes) is 3. The smallest absolute Gasteiger partial charge is 0.339 e. The van der Waals surface area contributed by atoms with E-state index in [1.165, 1.54) is 0 Å². The third kappa shape index (κ3) is 6.69. The maximum atomic E-state index is 13.6. The van der Waals surface area contributed by atoms with E-state index in [1.807, 2.05) is 24.3 Å². The zero-order valence-electron chi connectivity index (χ0n) is 17.1. The Morgan fingerprint density at radius 3 is 2.39 bits per heavy atom. The van der Waals surface area contributed by atoms with Crippen LogP contribution in [0.4, 0.5) is 36.3 Å². The largest absolute Gasteiger partial charge is 0.421 e. The summed E-state index contributed by atoms with van der Waals surface area (Å²) in [6.45, 7) is 2.14. The fraction of sp³-hybridized carbons (Fsp3) is 0.304. The van der Waals surface area contributed by atoms with Gasteiger partial charge >= 0.3 is 6.18 Å². The second kappa shape index (κ2) is 10.6. The SMILES string of the molecule is CCCCCCc1ccccc1Nc1nc(Nc2ccc(Br)cc2)ncc1C(F)(F)F. The van der Waals surface area contributed by atoms with Gasteiger partial charge in [0.1, 0.15) is 11.4 Å². The predicted octanol–water partition coefficient (Wildman–Crippen LogP) is 7.87. The van der Waals surface area contributed by atoms with Crippen LogP contribution < -0.4 is 10.6 Å². The highest BCUT2D eigenvalue weighted by atomic mass is 79.9. The molecule has 2 aromatic carbocycles. The molecule has 0 saturated carbocycles. The van der Waals surface area contributed by atoms with Crippen molar-refractivity contribution in [2.24, 2.45) is 0 Å². The summed E-state index contributed by atoms with van der Waals surface area (Å²) in [5.74, 6) is -0.193. The van der Waals surface area contributed by atoms with Gasteiger partial charge in [0.25, 0.3) is 0 Å². The lowest BCUT2D eigenvalue weighted by molar-refractivity contribution is -0.137. The molecular formula is C23H24BrF3N4. The highest BCUT2D eigenvalue weighted by Gasteiger charge is 2.35. The summed E-state index contributed by atoms with van der Waals surface area (Å²) >= 11 is 3.35. The van der Waals surface area contributed by atoms with Crippen LogP contribution in [0, 0.1) is 0 Å². The highest BCUT2D eigenvalue weighted by molar-refractivity contribution is 9.10. The Morgan fingerprint density at radius 1 is 0.935 bits per heavy atom. The number of benzene rings is 2. The van der Waals surface area contributed by atoms with Gasteiger partial charge in [-0.1, -0.05) is 60.3 Å². The quantitative estimate of drug-likeness (QED) is 0.298. The van der Waals surface area contributed by atoms with Crippen LogP contribution in [0.3, 0.4) is 0 Å². The van der Waals surface area contributed by atoms with Crippen molar-refractivity contribution in [3.8, 4) is 0 Å². The van der Waals surface area contributed by atoms with E-state index in [9.17, 15) is 13.2 Å². The van der Waals surface area contributed by atoms with Crippen molar-refractivity contribution in [3.05, 3.63) is 70.3 Å². The average molecular weight is 493 g/mol. The first-order chi connectivity index (χ1) is 14.9. The normalized spacial score (nSPS) is 11.4. The fourth-order valence-electron chi connectivity index (χ4n) is 3.14. The van der Waals surface area contributed by atoms with Gasteiger partial charge in [-0.25, -0.2) is 4.98 Å². The van der Waals surface area contributed by atoms with E-state index >= 15 is 0 Å². The van der Waals surface area contributed by atoms with Gasteiger partial charge in [0.15, 0.2) is 0 Å². The van der Waals surface area contributed by atoms with Crippen molar-refractivity contribution >= 4 is 39.1 Å². The third-order valence-corrected chi connectivity index (χ3v) is 5.29. The van der Waals surface area contributed by atoms with Gasteiger partial charge in [0.2, 0.25) is 5.95 Å². The van der Waals surface area contributed by atoms with Crippen LogP contribution in [-0.4, -0.2) is 9.97 Å². The van der Waals surface area contributed by atoms with Gasteiger partial charge in [-0.2, -0.15) is 18.2 Å². The molecule has 164 valence electrons. The summed E-state index contributed by atoms with van der Waals surface area (Å²) < 4.78 is 41.7. The maximum absolute atomic E-state index is 13.6. The summed E-state index contributed by atoms with van der Waals surface area (Å²) in [5, 5.41) is 5.85. The Labute approximate surface area is 188 Å². The topological polar surface area (TPSA) is 49.8 Å². The zero-order valence-corrected chi connectivity index (χ0v) is 18.7. The van der Waals surface area contributed by atoms with Crippen LogP contribution in [0.2, 0.25) is 0 Å². The molecule has 3 rings (SSSR count). The monoisotopic (exact) mass is 492 g/mol. The van der Waals surface area contributed by atoms with E-state index in [0.29, 0.717) is 11.4 Å². The van der Waals surface area contributed by atoms with Gasteiger partial charge in [-0.05, 0) is 48.7 Å². The molecule has 1 heterocycles. The molecular weight excluding hydrogens is 469 g/mol. The standard InChI is InChI=1S/C23H24BrF3N4/c1-2-3-4-5-8-16-9-6-7-10-20(16)30-21-19(23(25,26)27)15-28-22(31-21)29-18-13-11-17(24)12-14-18/h6-7,9-15H,2-5,8H2,1H3,(H2,28,29,30,31). The second-order valence-corrected chi connectivity index (χ2v) is 8.09. The van der Waals surface area contributed by atoms with Crippen molar-refractivity contribution in [1.29, 1.82) is 0 Å². The minimum absolute atomic E-state index is 0.0817. The van der Waals surface area contributed by atoms with E-state index in [0.717, 1.165) is 48.3 Å². The Balaban J connectivity index is 1.87. The number of nitrogens with zero attached hydrogens (tertiary/aromatic N) is 2. The van der Waals surface area contributed by atoms with Gasteiger partial charge in [0.05, 0.1) is 0 Å². The first-order valence-electron chi connectivity index (χ1n) is 10.2. The molecule has 0 aliphatic heterocycles. The predicted molar refractivity (Wildman–Crippen MR) is 122 cm³/mol. The minimum atomic E-state index is -4.57. The number of hydrogen-bond acceptors (Lipinski definition) is 4. The van der Waals surface area contributed by atoms with Crippen LogP contribution in [0.15, 0.2) is 59.2 Å². The number of para-hydroxylation sites is 1. The first kappa shape index (κ1) is 23.1. The summed E-state index contributed by atoms with van der Waals surface area (Å²) in [5.41, 5.74) is 1.35. The Hall–Kier alpha value is -2.61. The molecule has 1 aromatic heterocycles. The molecule has 31 heavy (non-hydrogen) atoms. The van der Waals surface area contributed by atoms with Crippen LogP contribution in [0.25, 0.3) is 0 Å². The summed E-state index contributed by atoms with van der Waals surface area (Å²) in [6.07, 6.45) is 1.37. The molecule has 0 amide bonds. The van der Waals surface area contributed by atoms with Crippen molar-refractivity contribution < 1.29 is 13.2 Å². The summed E-state index contributed by atoms with van der Waals surface area (Å²) in [6, 6.07) is 14.6. The first-order valence-corrected chi connectivity index (χ1v) is 11.0. The number of rotatable bonds is 9. The Morgan fingerprint density at radius 2 is 1.68 bits per heavy atom. The van der Waals surface area contributed by atoms with Gasteiger partial charge in [0, 0.05) is 22.0 Å². The number of hydrogen-bond donors (Lipinski definition) is 2. The number of anilines is 4. The number of halogens is 4. The molecule has 0 fully saturated rings. The molecule has 0 aliphatic rings. The molecule has 0 bridgehead atoms. The van der Waals surface area contributed by atoms with Crippen LogP contribution >= 0.6 is 15.9 Å². The lowest BCUT2D eigenvalue weighted by atomic mass is 10.0. The third-order valence-electron chi connectivity index (χ3n) is 4.76. The average Bonchev–Trinajstić information content (AvgIpc) is 2.73. The number of aromatic nitrogens is 2. The van der Waals surface area contributed by atoms with E-state index in [4.69, 9.17) is 0 Å².